The quantitative estimate of drug-likeness (QED) is 0.794. The minimum absolute atomic E-state index is 0.229. The van der Waals surface area contributed by atoms with Gasteiger partial charge in [0.05, 0.1) is 11.9 Å². The van der Waals surface area contributed by atoms with Crippen LogP contribution in [0.2, 0.25) is 0 Å². The standard InChI is InChI=1S/C15H14FN5O/c1-17-13-4-3-7-21(13)15-19-12(8-14(22)20(15)2)10-5-6-18-9-11(10)16/h5-6,8-9,13H,3-4,7H2,2H3/t13-/m1/s1. The third kappa shape index (κ3) is 2.33. The molecule has 1 saturated heterocycles. The smallest absolute Gasteiger partial charge is 0.290 e. The van der Waals surface area contributed by atoms with Crippen LogP contribution < -0.4 is 10.5 Å². The number of hydrogen-bond donors (Lipinski definition) is 0. The molecule has 22 heavy (non-hydrogen) atoms. The van der Waals surface area contributed by atoms with Crippen molar-refractivity contribution >= 4 is 5.95 Å². The van der Waals surface area contributed by atoms with Gasteiger partial charge in [-0.15, -0.1) is 0 Å². The summed E-state index contributed by atoms with van der Waals surface area (Å²) in [6.45, 7) is 7.92. The molecule has 0 unspecified atom stereocenters. The lowest BCUT2D eigenvalue weighted by Gasteiger charge is -2.20. The molecule has 0 spiro atoms. The van der Waals surface area contributed by atoms with Gasteiger partial charge in [0.25, 0.3) is 5.56 Å². The third-order valence-corrected chi connectivity index (χ3v) is 3.79. The van der Waals surface area contributed by atoms with Crippen LogP contribution in [0.1, 0.15) is 12.8 Å². The fourth-order valence-corrected chi connectivity index (χ4v) is 2.62. The van der Waals surface area contributed by atoms with Crippen molar-refractivity contribution < 1.29 is 4.39 Å². The van der Waals surface area contributed by atoms with E-state index < -0.39 is 5.82 Å². The van der Waals surface area contributed by atoms with Crippen molar-refractivity contribution in [2.75, 3.05) is 11.4 Å². The first-order valence-corrected chi connectivity index (χ1v) is 6.93. The summed E-state index contributed by atoms with van der Waals surface area (Å²) in [7, 11) is 1.61. The SMILES string of the molecule is [C-]#[N+][C@H]1CCCN1c1nc(-c2ccncc2F)cc(=O)n1C. The molecule has 0 bridgehead atoms. The molecule has 1 aliphatic heterocycles. The molecule has 3 rings (SSSR count). The van der Waals surface area contributed by atoms with E-state index in [-0.39, 0.29) is 23.0 Å². The molecular formula is C15H14FN5O. The maximum atomic E-state index is 13.9. The van der Waals surface area contributed by atoms with Gasteiger partial charge in [0, 0.05) is 37.8 Å². The number of aromatic nitrogens is 3. The highest BCUT2D eigenvalue weighted by Crippen LogP contribution is 2.26. The summed E-state index contributed by atoms with van der Waals surface area (Å²) in [5.74, 6) is -0.130. The van der Waals surface area contributed by atoms with Crippen LogP contribution in [-0.4, -0.2) is 27.2 Å². The predicted octanol–water partition coefficient (Wildman–Crippen LogP) is 1.83. The van der Waals surface area contributed by atoms with Crippen LogP contribution in [0.5, 0.6) is 0 Å². The molecule has 1 aliphatic rings. The van der Waals surface area contributed by atoms with Gasteiger partial charge in [-0.25, -0.2) is 15.9 Å². The first kappa shape index (κ1) is 14.2. The molecule has 0 radical (unpaired) electrons. The van der Waals surface area contributed by atoms with Crippen LogP contribution in [0.15, 0.2) is 29.3 Å². The average Bonchev–Trinajstić information content (AvgIpc) is 2.99. The maximum Gasteiger partial charge on any atom is 0.300 e. The van der Waals surface area contributed by atoms with Crippen LogP contribution in [0.25, 0.3) is 16.1 Å². The van der Waals surface area contributed by atoms with Gasteiger partial charge in [0.15, 0.2) is 5.82 Å². The Labute approximate surface area is 126 Å². The average molecular weight is 299 g/mol. The van der Waals surface area contributed by atoms with Crippen LogP contribution in [0.4, 0.5) is 10.3 Å². The molecule has 3 heterocycles. The van der Waals surface area contributed by atoms with Gasteiger partial charge in [-0.05, 0) is 12.5 Å². The van der Waals surface area contributed by atoms with E-state index in [1.807, 2.05) is 0 Å². The maximum absolute atomic E-state index is 13.9. The Kier molecular flexibility index (Phi) is 3.59. The number of hydrogen-bond acceptors (Lipinski definition) is 4. The van der Waals surface area contributed by atoms with Crippen molar-refractivity contribution in [3.05, 3.63) is 52.1 Å². The molecule has 1 fully saturated rings. The Bertz CT molecular complexity index is 810. The molecule has 0 aliphatic carbocycles. The van der Waals surface area contributed by atoms with Crippen molar-refractivity contribution in [2.45, 2.75) is 19.0 Å². The van der Waals surface area contributed by atoms with Gasteiger partial charge < -0.3 is 0 Å². The lowest BCUT2D eigenvalue weighted by atomic mass is 10.2. The molecule has 2 aromatic heterocycles. The number of anilines is 1. The third-order valence-electron chi connectivity index (χ3n) is 3.79. The van der Waals surface area contributed by atoms with Crippen LogP contribution in [0, 0.1) is 12.4 Å². The number of rotatable bonds is 2. The Morgan fingerprint density at radius 3 is 3.05 bits per heavy atom. The fraction of sp³-hybridized carbons (Fsp3) is 0.333. The van der Waals surface area contributed by atoms with Crippen molar-refractivity contribution in [2.24, 2.45) is 7.05 Å². The minimum Gasteiger partial charge on any atom is -0.290 e. The minimum atomic E-state index is -0.530. The highest BCUT2D eigenvalue weighted by atomic mass is 19.1. The molecule has 0 saturated carbocycles. The van der Waals surface area contributed by atoms with Crippen molar-refractivity contribution in [1.82, 2.24) is 14.5 Å². The van der Waals surface area contributed by atoms with Crippen molar-refractivity contribution in [3.8, 4) is 11.3 Å². The second kappa shape index (κ2) is 5.56. The van der Waals surface area contributed by atoms with Crippen LogP contribution in [0.3, 0.4) is 0 Å². The summed E-state index contributed by atoms with van der Waals surface area (Å²) >= 11 is 0. The predicted molar refractivity (Wildman–Crippen MR) is 79.6 cm³/mol. The highest BCUT2D eigenvalue weighted by molar-refractivity contribution is 5.60. The second-order valence-corrected chi connectivity index (χ2v) is 5.14. The first-order chi connectivity index (χ1) is 10.6. The lowest BCUT2D eigenvalue weighted by Crippen LogP contribution is -2.33. The Hall–Kier alpha value is -2.75. The number of pyridine rings is 1. The van der Waals surface area contributed by atoms with E-state index in [0.717, 1.165) is 19.0 Å². The van der Waals surface area contributed by atoms with E-state index in [9.17, 15) is 9.18 Å². The Balaban J connectivity index is 2.15. The van der Waals surface area contributed by atoms with E-state index in [4.69, 9.17) is 6.57 Å². The summed E-state index contributed by atoms with van der Waals surface area (Å²) in [5, 5.41) is 0. The lowest BCUT2D eigenvalue weighted by molar-refractivity contribution is 0.623. The largest absolute Gasteiger partial charge is 0.300 e. The molecule has 0 aromatic carbocycles. The zero-order chi connectivity index (χ0) is 15.7. The summed E-state index contributed by atoms with van der Waals surface area (Å²) in [6, 6.07) is 2.78. The van der Waals surface area contributed by atoms with Gasteiger partial charge >= 0.3 is 6.17 Å². The van der Waals surface area contributed by atoms with Gasteiger partial charge in [0.1, 0.15) is 0 Å². The van der Waals surface area contributed by atoms with Crippen LogP contribution >= 0.6 is 0 Å². The highest BCUT2D eigenvalue weighted by Gasteiger charge is 2.32. The van der Waals surface area contributed by atoms with Crippen molar-refractivity contribution in [1.29, 1.82) is 0 Å². The Morgan fingerprint density at radius 1 is 1.50 bits per heavy atom. The van der Waals surface area contributed by atoms with Crippen LogP contribution in [-0.2, 0) is 7.05 Å². The topological polar surface area (TPSA) is 55.4 Å². The Morgan fingerprint density at radius 2 is 2.32 bits per heavy atom. The molecule has 0 amide bonds. The summed E-state index contributed by atoms with van der Waals surface area (Å²) < 4.78 is 15.3. The van der Waals surface area contributed by atoms with E-state index in [0.29, 0.717) is 12.5 Å². The normalized spacial score (nSPS) is 17.5. The molecule has 0 N–H and O–H groups in total. The number of nitrogens with zero attached hydrogens (tertiary/aromatic N) is 5. The monoisotopic (exact) mass is 299 g/mol. The van der Waals surface area contributed by atoms with E-state index in [2.05, 4.69) is 14.8 Å². The number of halogens is 1. The summed E-state index contributed by atoms with van der Waals surface area (Å²) in [5.41, 5.74) is 0.202. The van der Waals surface area contributed by atoms with E-state index in [1.54, 1.807) is 11.9 Å². The van der Waals surface area contributed by atoms with Gasteiger partial charge in [-0.3, -0.25) is 24.1 Å². The summed E-state index contributed by atoms with van der Waals surface area (Å²) in [4.78, 5) is 25.7. The molecule has 112 valence electrons. The fourth-order valence-electron chi connectivity index (χ4n) is 2.62. The van der Waals surface area contributed by atoms with Gasteiger partial charge in [-0.2, -0.15) is 0 Å². The molecular weight excluding hydrogens is 285 g/mol. The van der Waals surface area contributed by atoms with E-state index >= 15 is 0 Å². The van der Waals surface area contributed by atoms with Gasteiger partial charge in [-0.1, -0.05) is 0 Å². The molecule has 1 atom stereocenters. The second-order valence-electron chi connectivity index (χ2n) is 5.14. The van der Waals surface area contributed by atoms with E-state index in [1.165, 1.54) is 22.9 Å². The zero-order valence-corrected chi connectivity index (χ0v) is 12.0. The molecule has 2 aromatic rings. The molecule has 6 nitrogen and oxygen atoms in total. The summed E-state index contributed by atoms with van der Waals surface area (Å²) in [6.07, 6.45) is 3.83. The zero-order valence-electron chi connectivity index (χ0n) is 12.0. The van der Waals surface area contributed by atoms with Gasteiger partial charge in [0.2, 0.25) is 5.95 Å². The van der Waals surface area contributed by atoms with Crippen molar-refractivity contribution in [3.63, 3.8) is 0 Å². The first-order valence-electron chi connectivity index (χ1n) is 6.93. The molecule has 7 heteroatoms.